The van der Waals surface area contributed by atoms with Crippen molar-refractivity contribution < 1.29 is 24.5 Å². The van der Waals surface area contributed by atoms with Gasteiger partial charge in [0.15, 0.2) is 11.5 Å². The molecular formula is C21H26N2O5. The first-order valence-corrected chi connectivity index (χ1v) is 9.02. The predicted molar refractivity (Wildman–Crippen MR) is 105 cm³/mol. The van der Waals surface area contributed by atoms with Crippen LogP contribution in [0.4, 0.5) is 4.79 Å². The van der Waals surface area contributed by atoms with Gasteiger partial charge in [-0.3, -0.25) is 4.79 Å². The van der Waals surface area contributed by atoms with Gasteiger partial charge in [0.25, 0.3) is 0 Å². The number of ether oxygens (including phenoxy) is 1. The van der Waals surface area contributed by atoms with Crippen LogP contribution in [0.3, 0.4) is 0 Å². The Morgan fingerprint density at radius 1 is 1.14 bits per heavy atom. The molecule has 28 heavy (non-hydrogen) atoms. The largest absolute Gasteiger partial charge is 0.504 e. The number of carboxylic acid groups (broad SMARTS) is 1. The number of amides is 2. The summed E-state index contributed by atoms with van der Waals surface area (Å²) in [5.74, 6) is -0.515. The monoisotopic (exact) mass is 386 g/mol. The number of carbonyl (C=O) groups is 2. The van der Waals surface area contributed by atoms with Crippen LogP contribution in [-0.2, 0) is 17.8 Å². The predicted octanol–water partition coefficient (Wildman–Crippen LogP) is 3.02. The molecule has 2 amide bonds. The maximum absolute atomic E-state index is 12.6. The van der Waals surface area contributed by atoms with Crippen molar-refractivity contribution in [3.63, 3.8) is 0 Å². The number of hydrogen-bond acceptors (Lipinski definition) is 4. The van der Waals surface area contributed by atoms with Crippen LogP contribution in [-0.4, -0.2) is 47.3 Å². The number of methoxy groups -OCH3 is 1. The second-order valence-corrected chi connectivity index (χ2v) is 6.63. The van der Waals surface area contributed by atoms with Gasteiger partial charge >= 0.3 is 12.0 Å². The molecule has 2 aromatic carbocycles. The third-order valence-electron chi connectivity index (χ3n) is 4.37. The van der Waals surface area contributed by atoms with Crippen molar-refractivity contribution >= 4 is 12.0 Å². The number of carbonyl (C=O) groups excluding carboxylic acids is 1. The summed E-state index contributed by atoms with van der Waals surface area (Å²) in [7, 11) is 3.12. The van der Waals surface area contributed by atoms with Crippen molar-refractivity contribution in [3.05, 3.63) is 59.7 Å². The number of nitrogens with zero attached hydrogens (tertiary/aromatic N) is 1. The maximum Gasteiger partial charge on any atom is 0.317 e. The number of rotatable bonds is 9. The fraction of sp³-hybridized carbons (Fsp3) is 0.333. The van der Waals surface area contributed by atoms with Crippen molar-refractivity contribution in [1.82, 2.24) is 10.2 Å². The Balaban J connectivity index is 2.00. The summed E-state index contributed by atoms with van der Waals surface area (Å²) in [6.45, 7) is 0.292. The molecule has 0 spiro atoms. The Hall–Kier alpha value is -3.22. The highest BCUT2D eigenvalue weighted by Crippen LogP contribution is 2.26. The molecule has 0 bridgehead atoms. The topological polar surface area (TPSA) is 99.1 Å². The maximum atomic E-state index is 12.6. The second-order valence-electron chi connectivity index (χ2n) is 6.63. The number of phenols is 1. The lowest BCUT2D eigenvalue weighted by Crippen LogP contribution is -2.44. The molecule has 0 fully saturated rings. The van der Waals surface area contributed by atoms with Crippen molar-refractivity contribution in [2.45, 2.75) is 31.8 Å². The highest BCUT2D eigenvalue weighted by atomic mass is 16.5. The van der Waals surface area contributed by atoms with Crippen molar-refractivity contribution in [3.8, 4) is 11.5 Å². The van der Waals surface area contributed by atoms with Gasteiger partial charge in [-0.25, -0.2) is 4.79 Å². The normalized spacial score (nSPS) is 11.5. The third-order valence-corrected chi connectivity index (χ3v) is 4.37. The van der Waals surface area contributed by atoms with E-state index < -0.39 is 5.97 Å². The average Bonchev–Trinajstić information content (AvgIpc) is 2.67. The molecule has 0 saturated carbocycles. The summed E-state index contributed by atoms with van der Waals surface area (Å²) in [6.07, 6.45) is 0.873. The molecular weight excluding hydrogens is 360 g/mol. The van der Waals surface area contributed by atoms with Crippen LogP contribution in [0.1, 0.15) is 24.0 Å². The lowest BCUT2D eigenvalue weighted by atomic mass is 10.0. The lowest BCUT2D eigenvalue weighted by molar-refractivity contribution is -0.137. The van der Waals surface area contributed by atoms with Gasteiger partial charge in [0, 0.05) is 26.1 Å². The van der Waals surface area contributed by atoms with Crippen LogP contribution < -0.4 is 10.1 Å². The smallest absolute Gasteiger partial charge is 0.317 e. The molecule has 2 rings (SSSR count). The zero-order chi connectivity index (χ0) is 20.5. The van der Waals surface area contributed by atoms with E-state index >= 15 is 0 Å². The van der Waals surface area contributed by atoms with E-state index in [2.05, 4.69) is 5.32 Å². The van der Waals surface area contributed by atoms with Gasteiger partial charge in [0.2, 0.25) is 0 Å². The summed E-state index contributed by atoms with van der Waals surface area (Å²) in [5, 5.41) is 21.8. The van der Waals surface area contributed by atoms with Crippen molar-refractivity contribution in [1.29, 1.82) is 0 Å². The molecule has 0 aliphatic heterocycles. The van der Waals surface area contributed by atoms with E-state index in [9.17, 15) is 14.7 Å². The molecule has 3 N–H and O–H groups in total. The number of aliphatic carboxylic acids is 1. The highest BCUT2D eigenvalue weighted by molar-refractivity contribution is 5.74. The van der Waals surface area contributed by atoms with Gasteiger partial charge < -0.3 is 25.2 Å². The number of hydrogen-bond donors (Lipinski definition) is 3. The van der Waals surface area contributed by atoms with E-state index in [1.54, 1.807) is 25.2 Å². The Morgan fingerprint density at radius 2 is 1.86 bits per heavy atom. The van der Waals surface area contributed by atoms with Crippen LogP contribution in [0.15, 0.2) is 48.5 Å². The second kappa shape index (κ2) is 10.2. The quantitative estimate of drug-likeness (QED) is 0.615. The molecule has 1 unspecified atom stereocenters. The van der Waals surface area contributed by atoms with Gasteiger partial charge in [0.1, 0.15) is 0 Å². The molecule has 2 aromatic rings. The minimum Gasteiger partial charge on any atom is -0.504 e. The average molecular weight is 386 g/mol. The van der Waals surface area contributed by atoms with E-state index in [4.69, 9.17) is 9.84 Å². The van der Waals surface area contributed by atoms with Gasteiger partial charge in [0.05, 0.1) is 7.11 Å². The van der Waals surface area contributed by atoms with Crippen molar-refractivity contribution in [2.75, 3.05) is 14.2 Å². The molecule has 0 radical (unpaired) electrons. The molecule has 0 saturated heterocycles. The molecule has 1 atom stereocenters. The Bertz CT molecular complexity index is 795. The van der Waals surface area contributed by atoms with E-state index in [0.29, 0.717) is 25.1 Å². The van der Waals surface area contributed by atoms with E-state index in [-0.39, 0.29) is 24.2 Å². The van der Waals surface area contributed by atoms with Gasteiger partial charge in [-0.05, 0) is 36.1 Å². The molecule has 150 valence electrons. The highest BCUT2D eigenvalue weighted by Gasteiger charge is 2.18. The van der Waals surface area contributed by atoms with Crippen LogP contribution in [0.25, 0.3) is 0 Å². The third kappa shape index (κ3) is 6.50. The van der Waals surface area contributed by atoms with E-state index in [1.807, 2.05) is 30.3 Å². The van der Waals surface area contributed by atoms with Crippen molar-refractivity contribution in [2.24, 2.45) is 0 Å². The number of benzene rings is 2. The van der Waals surface area contributed by atoms with Crippen LogP contribution >= 0.6 is 0 Å². The van der Waals surface area contributed by atoms with Gasteiger partial charge in [-0.1, -0.05) is 36.4 Å². The molecule has 0 aliphatic carbocycles. The molecule has 0 aromatic heterocycles. The Morgan fingerprint density at radius 3 is 2.46 bits per heavy atom. The zero-order valence-corrected chi connectivity index (χ0v) is 16.1. The lowest BCUT2D eigenvalue weighted by Gasteiger charge is -2.24. The molecule has 0 heterocycles. The van der Waals surface area contributed by atoms with Gasteiger partial charge in [-0.2, -0.15) is 0 Å². The van der Waals surface area contributed by atoms with Gasteiger partial charge in [-0.15, -0.1) is 0 Å². The Labute approximate surface area is 164 Å². The van der Waals surface area contributed by atoms with Crippen LogP contribution in [0, 0.1) is 0 Å². The first-order chi connectivity index (χ1) is 13.4. The molecule has 0 aliphatic rings. The minimum absolute atomic E-state index is 0.0113. The minimum atomic E-state index is -0.894. The number of phenolic OH excluding ortho intramolecular Hbond substituents is 1. The number of carboxylic acids is 1. The number of aromatic hydroxyl groups is 1. The number of nitrogens with one attached hydrogen (secondary N) is 1. The van der Waals surface area contributed by atoms with Crippen LogP contribution in [0.2, 0.25) is 0 Å². The van der Waals surface area contributed by atoms with Crippen LogP contribution in [0.5, 0.6) is 11.5 Å². The fourth-order valence-corrected chi connectivity index (χ4v) is 2.89. The summed E-state index contributed by atoms with van der Waals surface area (Å²) in [5.41, 5.74) is 1.78. The molecule has 7 nitrogen and oxygen atoms in total. The first kappa shape index (κ1) is 21.1. The summed E-state index contributed by atoms with van der Waals surface area (Å²) < 4.78 is 5.02. The van der Waals surface area contributed by atoms with E-state index in [1.165, 1.54) is 12.0 Å². The fourth-order valence-electron chi connectivity index (χ4n) is 2.89. The summed E-state index contributed by atoms with van der Waals surface area (Å²) >= 11 is 0. The first-order valence-electron chi connectivity index (χ1n) is 9.02. The number of urea groups is 1. The summed E-state index contributed by atoms with van der Waals surface area (Å²) in [6, 6.07) is 14.0. The molecule has 7 heteroatoms. The van der Waals surface area contributed by atoms with E-state index in [0.717, 1.165) is 11.1 Å². The SMILES string of the molecule is COc1ccc(CN(C)C(=O)NC(CCC(=O)O)Cc2ccccc2)cc1O. The Kier molecular flexibility index (Phi) is 7.68. The zero-order valence-electron chi connectivity index (χ0n) is 16.1. The standard InChI is InChI=1S/C21H26N2O5/c1-23(14-16-8-10-19(28-2)18(24)13-16)21(27)22-17(9-11-20(25)26)12-15-6-4-3-5-7-15/h3-8,10,13,17,24H,9,11-12,14H2,1-2H3,(H,22,27)(H,25,26). The summed E-state index contributed by atoms with van der Waals surface area (Å²) in [4.78, 5) is 25.0.